The van der Waals surface area contributed by atoms with Gasteiger partial charge in [-0.2, -0.15) is 0 Å². The summed E-state index contributed by atoms with van der Waals surface area (Å²) < 4.78 is 17.3. The van der Waals surface area contributed by atoms with E-state index in [1.807, 2.05) is 21.1 Å². The third-order valence-corrected chi connectivity index (χ3v) is 12.1. The van der Waals surface area contributed by atoms with Gasteiger partial charge >= 0.3 is 11.9 Å². The number of nitrogens with zero attached hydrogens (tertiary/aromatic N) is 1. The van der Waals surface area contributed by atoms with Gasteiger partial charge in [-0.1, -0.05) is 212 Å². The van der Waals surface area contributed by atoms with E-state index in [-0.39, 0.29) is 42.7 Å². The van der Waals surface area contributed by atoms with Crippen molar-refractivity contribution in [1.82, 2.24) is 0 Å². The minimum atomic E-state index is -1.12. The fourth-order valence-corrected chi connectivity index (χ4v) is 7.99. The van der Waals surface area contributed by atoms with Crippen LogP contribution in [0.15, 0.2) is 24.3 Å². The highest BCUT2D eigenvalue weighted by molar-refractivity contribution is 5.70. The number of carboxylic acids is 1. The molecule has 0 fully saturated rings. The summed E-state index contributed by atoms with van der Waals surface area (Å²) in [6, 6.07) is -0.725. The molecule has 0 N–H and O–H groups in total. The van der Waals surface area contributed by atoms with Crippen molar-refractivity contribution in [2.45, 2.75) is 264 Å². The molecule has 0 aliphatic heterocycles. The number of ether oxygens (including phenoxy) is 3. The van der Waals surface area contributed by atoms with Crippen LogP contribution >= 0.6 is 0 Å². The summed E-state index contributed by atoms with van der Waals surface area (Å²) >= 11 is 0. The molecule has 0 aromatic rings. The first-order chi connectivity index (χ1) is 30.1. The highest BCUT2D eigenvalue weighted by Gasteiger charge is 2.25. The Labute approximate surface area is 383 Å². The third kappa shape index (κ3) is 43.1. The van der Waals surface area contributed by atoms with E-state index in [4.69, 9.17) is 14.2 Å². The van der Waals surface area contributed by atoms with E-state index >= 15 is 0 Å². The van der Waals surface area contributed by atoms with Gasteiger partial charge in [0, 0.05) is 19.3 Å². The van der Waals surface area contributed by atoms with Gasteiger partial charge in [0.05, 0.1) is 40.3 Å². The molecule has 0 bridgehead atoms. The Morgan fingerprint density at radius 2 is 0.855 bits per heavy atom. The molecule has 0 aliphatic carbocycles. The second kappa shape index (κ2) is 45.4. The number of carbonyl (C=O) groups is 3. The average molecular weight is 876 g/mol. The van der Waals surface area contributed by atoms with Gasteiger partial charge < -0.3 is 28.6 Å². The van der Waals surface area contributed by atoms with Crippen LogP contribution in [-0.4, -0.2) is 75.5 Å². The summed E-state index contributed by atoms with van der Waals surface area (Å²) in [5.41, 5.74) is 0. The summed E-state index contributed by atoms with van der Waals surface area (Å²) in [5, 5.41) is 11.7. The number of aliphatic carboxylic acids is 1. The molecule has 0 heterocycles. The summed E-state index contributed by atoms with van der Waals surface area (Å²) in [6.45, 7) is 4.67. The lowest BCUT2D eigenvalue weighted by Gasteiger charge is -2.34. The molecule has 8 nitrogen and oxygen atoms in total. The van der Waals surface area contributed by atoms with Crippen LogP contribution in [0.2, 0.25) is 0 Å². The number of quaternary nitrogens is 1. The maximum absolute atomic E-state index is 12.8. The van der Waals surface area contributed by atoms with Crippen molar-refractivity contribution in [3.63, 3.8) is 0 Å². The van der Waals surface area contributed by atoms with Crippen LogP contribution in [0.25, 0.3) is 0 Å². The smallest absolute Gasteiger partial charge is 0.306 e. The van der Waals surface area contributed by atoms with Crippen molar-refractivity contribution >= 4 is 17.9 Å². The molecule has 0 aliphatic rings. The highest BCUT2D eigenvalue weighted by Crippen LogP contribution is 2.17. The number of rotatable bonds is 48. The number of esters is 2. The second-order valence-corrected chi connectivity index (χ2v) is 19.1. The van der Waals surface area contributed by atoms with E-state index in [0.29, 0.717) is 12.8 Å². The van der Waals surface area contributed by atoms with E-state index < -0.39 is 18.1 Å². The molecule has 0 saturated carbocycles. The minimum Gasteiger partial charge on any atom is -0.544 e. The molecule has 0 aromatic carbocycles. The molecule has 62 heavy (non-hydrogen) atoms. The first kappa shape index (κ1) is 59.8. The zero-order valence-corrected chi connectivity index (χ0v) is 41.6. The molecule has 2 atom stereocenters. The molecule has 0 radical (unpaired) electrons. The number of likely N-dealkylation sites (N-methyl/N-ethyl adjacent to an activating group) is 1. The SMILES string of the molecule is CCCCC/C=C\C/C=C\CCCCCCCCCC(=O)OC(COCCC(C(=O)[O-])[N+](C)(C)C)COC(=O)CCCCCCCCCCCCCCCCCCCCCCC. The molecular weight excluding hydrogens is 775 g/mol. The number of carboxylic acid groups (broad SMARTS) is 1. The van der Waals surface area contributed by atoms with Crippen molar-refractivity contribution in [2.75, 3.05) is 41.0 Å². The van der Waals surface area contributed by atoms with Crippen molar-refractivity contribution in [3.8, 4) is 0 Å². The molecule has 0 rings (SSSR count). The lowest BCUT2D eigenvalue weighted by atomic mass is 10.0. The van der Waals surface area contributed by atoms with E-state index in [9.17, 15) is 19.5 Å². The average Bonchev–Trinajstić information content (AvgIpc) is 3.23. The predicted octanol–water partition coefficient (Wildman–Crippen LogP) is 13.9. The van der Waals surface area contributed by atoms with Crippen molar-refractivity contribution < 1.29 is 38.2 Å². The Balaban J connectivity index is 4.19. The second-order valence-electron chi connectivity index (χ2n) is 19.1. The fourth-order valence-electron chi connectivity index (χ4n) is 7.99. The lowest BCUT2D eigenvalue weighted by molar-refractivity contribution is -0.889. The minimum absolute atomic E-state index is 0.0419. The van der Waals surface area contributed by atoms with Crippen LogP contribution in [-0.2, 0) is 28.6 Å². The maximum Gasteiger partial charge on any atom is 0.306 e. The number of hydrogen-bond acceptors (Lipinski definition) is 7. The topological polar surface area (TPSA) is 102 Å². The monoisotopic (exact) mass is 876 g/mol. The zero-order valence-electron chi connectivity index (χ0n) is 41.6. The number of carbonyl (C=O) groups excluding carboxylic acids is 3. The summed E-state index contributed by atoms with van der Waals surface area (Å²) in [4.78, 5) is 37.0. The molecule has 0 saturated heterocycles. The molecule has 2 unspecified atom stereocenters. The quantitative estimate of drug-likeness (QED) is 0.0260. The number of allylic oxidation sites excluding steroid dienone is 4. The summed E-state index contributed by atoms with van der Waals surface area (Å²) in [7, 11) is 5.42. The maximum atomic E-state index is 12.8. The Hall–Kier alpha value is -2.19. The van der Waals surface area contributed by atoms with Crippen molar-refractivity contribution in [2.24, 2.45) is 0 Å². The lowest BCUT2D eigenvalue weighted by Crippen LogP contribution is -2.55. The first-order valence-corrected chi connectivity index (χ1v) is 26.4. The molecule has 0 spiro atoms. The summed E-state index contributed by atoms with van der Waals surface area (Å²) in [6.07, 6.45) is 52.1. The van der Waals surface area contributed by atoms with E-state index in [2.05, 4.69) is 38.2 Å². The van der Waals surface area contributed by atoms with Crippen molar-refractivity contribution in [3.05, 3.63) is 24.3 Å². The Kier molecular flexibility index (Phi) is 43.8. The molecular formula is C54H101NO7. The number of hydrogen-bond donors (Lipinski definition) is 0. The van der Waals surface area contributed by atoms with Gasteiger partial charge in [-0.25, -0.2) is 0 Å². The summed E-state index contributed by atoms with van der Waals surface area (Å²) in [5.74, 6) is -1.73. The van der Waals surface area contributed by atoms with Crippen LogP contribution in [0, 0.1) is 0 Å². The number of unbranched alkanes of at least 4 members (excludes halogenated alkanes) is 30. The Bertz CT molecular complexity index is 1070. The molecule has 364 valence electrons. The Morgan fingerprint density at radius 1 is 0.484 bits per heavy atom. The third-order valence-electron chi connectivity index (χ3n) is 12.1. The standard InChI is InChI=1S/C54H101NO7/c1-6-8-10-12-14-16-18-20-22-24-25-26-27-29-30-32-34-36-38-40-42-44-52(56)61-49-50(48-60-47-46-51(54(58)59)55(3,4)5)62-53(57)45-43-41-39-37-35-33-31-28-23-21-19-17-15-13-11-9-7-2/h15,17,21,23,50-51H,6-14,16,18-20,22,24-49H2,1-5H3/b17-15-,23-21-. The Morgan fingerprint density at radius 3 is 1.27 bits per heavy atom. The van der Waals surface area contributed by atoms with Gasteiger partial charge in [0.25, 0.3) is 0 Å². The normalized spacial score (nSPS) is 13.0. The van der Waals surface area contributed by atoms with E-state index in [0.717, 1.165) is 51.4 Å². The van der Waals surface area contributed by atoms with Crippen LogP contribution in [0.4, 0.5) is 0 Å². The van der Waals surface area contributed by atoms with Crippen LogP contribution < -0.4 is 5.11 Å². The van der Waals surface area contributed by atoms with E-state index in [1.54, 1.807) is 0 Å². The van der Waals surface area contributed by atoms with Crippen molar-refractivity contribution in [1.29, 1.82) is 0 Å². The van der Waals surface area contributed by atoms with Crippen LogP contribution in [0.5, 0.6) is 0 Å². The molecule has 8 heteroatoms. The van der Waals surface area contributed by atoms with Crippen LogP contribution in [0.1, 0.15) is 251 Å². The van der Waals surface area contributed by atoms with Gasteiger partial charge in [-0.3, -0.25) is 9.59 Å². The first-order valence-electron chi connectivity index (χ1n) is 26.4. The fraction of sp³-hybridized carbons (Fsp3) is 0.870. The van der Waals surface area contributed by atoms with Crippen LogP contribution in [0.3, 0.4) is 0 Å². The largest absolute Gasteiger partial charge is 0.544 e. The predicted molar refractivity (Wildman–Crippen MR) is 259 cm³/mol. The van der Waals surface area contributed by atoms with Gasteiger partial charge in [0.1, 0.15) is 12.6 Å². The van der Waals surface area contributed by atoms with Gasteiger partial charge in [0.2, 0.25) is 0 Å². The van der Waals surface area contributed by atoms with Gasteiger partial charge in [-0.05, 0) is 44.9 Å². The van der Waals surface area contributed by atoms with Gasteiger partial charge in [0.15, 0.2) is 6.10 Å². The highest BCUT2D eigenvalue weighted by atomic mass is 16.6. The molecule has 0 aromatic heterocycles. The van der Waals surface area contributed by atoms with E-state index in [1.165, 1.54) is 167 Å². The zero-order chi connectivity index (χ0) is 45.6. The van der Waals surface area contributed by atoms with Gasteiger partial charge in [-0.15, -0.1) is 0 Å². The molecule has 0 amide bonds.